The van der Waals surface area contributed by atoms with Crippen LogP contribution in [0.4, 0.5) is 15.8 Å². The third-order valence-corrected chi connectivity index (χ3v) is 3.77. The lowest BCUT2D eigenvalue weighted by Crippen LogP contribution is -2.24. The van der Waals surface area contributed by atoms with E-state index in [1.165, 1.54) is 12.3 Å². The molecule has 1 amide bonds. The third kappa shape index (κ3) is 4.55. The molecule has 0 saturated carbocycles. The van der Waals surface area contributed by atoms with Gasteiger partial charge in [0.15, 0.2) is 0 Å². The van der Waals surface area contributed by atoms with Crippen LogP contribution in [0, 0.1) is 5.82 Å². The number of carbonyl (C=O) groups is 1. The summed E-state index contributed by atoms with van der Waals surface area (Å²) in [5, 5.41) is 6.49. The van der Waals surface area contributed by atoms with Crippen molar-refractivity contribution in [1.29, 1.82) is 0 Å². The van der Waals surface area contributed by atoms with Crippen LogP contribution in [0.5, 0.6) is 0 Å². The summed E-state index contributed by atoms with van der Waals surface area (Å²) in [5.41, 5.74) is 2.23. The highest BCUT2D eigenvalue weighted by molar-refractivity contribution is 6.30. The minimum absolute atomic E-state index is 0.0992. The number of rotatable bonds is 5. The Kier molecular flexibility index (Phi) is 5.26. The lowest BCUT2D eigenvalue weighted by Gasteiger charge is -2.09. The van der Waals surface area contributed by atoms with Crippen LogP contribution < -0.4 is 10.6 Å². The fraction of sp³-hybridized carbons (Fsp3) is 0.0526. The van der Waals surface area contributed by atoms with E-state index >= 15 is 0 Å². The van der Waals surface area contributed by atoms with Gasteiger partial charge >= 0.3 is 0 Å². The zero-order chi connectivity index (χ0) is 17.6. The van der Waals surface area contributed by atoms with Crippen LogP contribution in [0.15, 0.2) is 66.9 Å². The van der Waals surface area contributed by atoms with Gasteiger partial charge in [-0.05, 0) is 42.5 Å². The van der Waals surface area contributed by atoms with E-state index in [1.807, 2.05) is 12.1 Å². The number of aromatic nitrogens is 1. The summed E-state index contributed by atoms with van der Waals surface area (Å²) >= 11 is 5.86. The van der Waals surface area contributed by atoms with Crippen LogP contribution in [0.25, 0.3) is 0 Å². The first-order valence-corrected chi connectivity index (χ1v) is 8.00. The van der Waals surface area contributed by atoms with Gasteiger partial charge in [-0.3, -0.25) is 9.78 Å². The molecule has 0 atom stereocenters. The first-order chi connectivity index (χ1) is 12.1. The molecule has 0 unspecified atom stereocenters. The topological polar surface area (TPSA) is 54.0 Å². The molecule has 3 aromatic rings. The van der Waals surface area contributed by atoms with Crippen LogP contribution in [-0.4, -0.2) is 10.9 Å². The second kappa shape index (κ2) is 7.77. The number of halogens is 2. The van der Waals surface area contributed by atoms with Crippen molar-refractivity contribution in [2.75, 3.05) is 5.32 Å². The van der Waals surface area contributed by atoms with E-state index in [2.05, 4.69) is 15.6 Å². The first kappa shape index (κ1) is 16.9. The van der Waals surface area contributed by atoms with Gasteiger partial charge in [-0.1, -0.05) is 29.8 Å². The molecule has 0 spiro atoms. The highest BCUT2D eigenvalue weighted by Crippen LogP contribution is 2.19. The molecule has 126 valence electrons. The monoisotopic (exact) mass is 355 g/mol. The molecule has 0 radical (unpaired) electrons. The maximum absolute atomic E-state index is 13.6. The van der Waals surface area contributed by atoms with Crippen molar-refractivity contribution in [3.05, 3.63) is 89.0 Å². The average molecular weight is 356 g/mol. The largest absolute Gasteiger partial charge is 0.355 e. The molecule has 1 heterocycles. The molecule has 0 aliphatic rings. The summed E-state index contributed by atoms with van der Waals surface area (Å²) in [6, 6.07) is 16.9. The molecule has 25 heavy (non-hydrogen) atoms. The second-order valence-electron chi connectivity index (χ2n) is 5.34. The molecule has 2 N–H and O–H groups in total. The minimum atomic E-state index is -0.372. The van der Waals surface area contributed by atoms with Gasteiger partial charge in [0.2, 0.25) is 0 Å². The van der Waals surface area contributed by atoms with Gasteiger partial charge in [0.1, 0.15) is 11.5 Å². The van der Waals surface area contributed by atoms with Crippen molar-refractivity contribution in [1.82, 2.24) is 10.3 Å². The minimum Gasteiger partial charge on any atom is -0.355 e. The van der Waals surface area contributed by atoms with E-state index in [0.29, 0.717) is 16.3 Å². The highest BCUT2D eigenvalue weighted by Gasteiger charge is 2.09. The summed E-state index contributed by atoms with van der Waals surface area (Å²) < 4.78 is 13.6. The molecule has 0 aliphatic heterocycles. The van der Waals surface area contributed by atoms with Gasteiger partial charge in [-0.15, -0.1) is 0 Å². The van der Waals surface area contributed by atoms with E-state index in [9.17, 15) is 9.18 Å². The third-order valence-electron chi connectivity index (χ3n) is 3.52. The number of pyridine rings is 1. The number of anilines is 2. The van der Waals surface area contributed by atoms with Crippen molar-refractivity contribution in [2.45, 2.75) is 6.54 Å². The Morgan fingerprint density at radius 3 is 2.56 bits per heavy atom. The highest BCUT2D eigenvalue weighted by atomic mass is 35.5. The molecule has 3 rings (SSSR count). The van der Waals surface area contributed by atoms with Gasteiger partial charge < -0.3 is 10.6 Å². The fourth-order valence-corrected chi connectivity index (χ4v) is 2.37. The summed E-state index contributed by atoms with van der Waals surface area (Å²) in [6.07, 6.45) is 1.54. The molecule has 0 saturated heterocycles. The Bertz CT molecular complexity index is 884. The Labute approximate surface area is 149 Å². The summed E-state index contributed by atoms with van der Waals surface area (Å²) in [5.74, 6) is -0.725. The van der Waals surface area contributed by atoms with E-state index in [1.54, 1.807) is 42.5 Å². The van der Waals surface area contributed by atoms with Gasteiger partial charge in [0.25, 0.3) is 5.91 Å². The van der Waals surface area contributed by atoms with Crippen molar-refractivity contribution < 1.29 is 9.18 Å². The van der Waals surface area contributed by atoms with Gasteiger partial charge in [0, 0.05) is 34.7 Å². The van der Waals surface area contributed by atoms with Gasteiger partial charge in [-0.25, -0.2) is 4.39 Å². The zero-order valence-corrected chi connectivity index (χ0v) is 13.9. The van der Waals surface area contributed by atoms with Crippen molar-refractivity contribution in [2.24, 2.45) is 0 Å². The van der Waals surface area contributed by atoms with Crippen LogP contribution in [0.3, 0.4) is 0 Å². The van der Waals surface area contributed by atoms with Crippen molar-refractivity contribution in [3.8, 4) is 0 Å². The fourth-order valence-electron chi connectivity index (χ4n) is 2.24. The lowest BCUT2D eigenvalue weighted by atomic mass is 10.2. The van der Waals surface area contributed by atoms with Gasteiger partial charge in [-0.2, -0.15) is 0 Å². The number of carbonyl (C=O) groups excluding carboxylic acids is 1. The Balaban J connectivity index is 1.67. The maximum Gasteiger partial charge on any atom is 0.270 e. The van der Waals surface area contributed by atoms with Crippen LogP contribution in [0.1, 0.15) is 16.1 Å². The smallest absolute Gasteiger partial charge is 0.270 e. The number of amides is 1. The molecule has 0 bridgehead atoms. The Hall–Kier alpha value is -2.92. The average Bonchev–Trinajstić information content (AvgIpc) is 2.63. The maximum atomic E-state index is 13.6. The van der Waals surface area contributed by atoms with E-state index in [0.717, 1.165) is 5.69 Å². The summed E-state index contributed by atoms with van der Waals surface area (Å²) in [6.45, 7) is 0.0992. The standard InChI is InChI=1S/C19H15ClFN3O/c20-14-5-7-15(8-6-14)24-16-9-10-22-18(11-16)19(25)23-12-13-3-1-2-4-17(13)21/h1-11H,12H2,(H,22,24)(H,23,25). The first-order valence-electron chi connectivity index (χ1n) is 7.62. The normalized spacial score (nSPS) is 10.3. The molecule has 0 aliphatic carbocycles. The van der Waals surface area contributed by atoms with Crippen LogP contribution >= 0.6 is 11.6 Å². The molecule has 0 fully saturated rings. The number of nitrogens with one attached hydrogen (secondary N) is 2. The van der Waals surface area contributed by atoms with Crippen LogP contribution in [-0.2, 0) is 6.54 Å². The number of hydrogen-bond acceptors (Lipinski definition) is 3. The lowest BCUT2D eigenvalue weighted by molar-refractivity contribution is 0.0945. The van der Waals surface area contributed by atoms with E-state index in [-0.39, 0.29) is 24.0 Å². The van der Waals surface area contributed by atoms with E-state index in [4.69, 9.17) is 11.6 Å². The molecular weight excluding hydrogens is 341 g/mol. The molecule has 6 heteroatoms. The SMILES string of the molecule is O=C(NCc1ccccc1F)c1cc(Nc2ccc(Cl)cc2)ccn1. The van der Waals surface area contributed by atoms with Gasteiger partial charge in [0.05, 0.1) is 0 Å². The second-order valence-corrected chi connectivity index (χ2v) is 5.77. The Morgan fingerprint density at radius 1 is 1.04 bits per heavy atom. The molecule has 1 aromatic heterocycles. The molecular formula is C19H15ClFN3O. The number of benzene rings is 2. The van der Waals surface area contributed by atoms with Crippen molar-refractivity contribution in [3.63, 3.8) is 0 Å². The summed E-state index contributed by atoms with van der Waals surface area (Å²) in [7, 11) is 0. The predicted octanol–water partition coefficient (Wildman–Crippen LogP) is 4.55. The predicted molar refractivity (Wildman–Crippen MR) is 96.5 cm³/mol. The zero-order valence-electron chi connectivity index (χ0n) is 13.2. The van der Waals surface area contributed by atoms with Crippen molar-refractivity contribution >= 4 is 28.9 Å². The van der Waals surface area contributed by atoms with E-state index < -0.39 is 0 Å². The molecule has 2 aromatic carbocycles. The number of nitrogens with zero attached hydrogens (tertiary/aromatic N) is 1. The Morgan fingerprint density at radius 2 is 1.80 bits per heavy atom. The quantitative estimate of drug-likeness (QED) is 0.706. The summed E-state index contributed by atoms with van der Waals surface area (Å²) in [4.78, 5) is 16.3. The number of hydrogen-bond donors (Lipinski definition) is 2. The molecule has 4 nitrogen and oxygen atoms in total. The van der Waals surface area contributed by atoms with Crippen LogP contribution in [0.2, 0.25) is 5.02 Å².